The summed E-state index contributed by atoms with van der Waals surface area (Å²) in [4.78, 5) is 16.4. The topological polar surface area (TPSA) is 54.0 Å². The largest absolute Gasteiger partial charge is 0.316 e. The molecule has 0 radical (unpaired) electrons. The summed E-state index contributed by atoms with van der Waals surface area (Å²) in [5, 5.41) is 6.82. The van der Waals surface area contributed by atoms with E-state index in [4.69, 9.17) is 0 Å². The van der Waals surface area contributed by atoms with Gasteiger partial charge in [-0.15, -0.1) is 12.4 Å². The predicted octanol–water partition coefficient (Wildman–Crippen LogP) is 2.57. The molecule has 2 aromatic rings. The molecule has 3 rings (SSSR count). The molecule has 2 heterocycles. The van der Waals surface area contributed by atoms with Gasteiger partial charge in [-0.2, -0.15) is 0 Å². The normalized spacial score (nSPS) is 18.3. The summed E-state index contributed by atoms with van der Waals surface area (Å²) in [5.41, 5.74) is 2.16. The Kier molecular flexibility index (Phi) is 4.39. The van der Waals surface area contributed by atoms with Crippen LogP contribution in [0.1, 0.15) is 12.0 Å². The quantitative estimate of drug-likeness (QED) is 0.896. The van der Waals surface area contributed by atoms with Gasteiger partial charge in [-0.3, -0.25) is 4.79 Å². The van der Waals surface area contributed by atoms with E-state index in [-0.39, 0.29) is 24.2 Å². The smallest absolute Gasteiger partial charge is 0.230 e. The molecule has 1 amide bonds. The monoisotopic (exact) mass is 297 g/mol. The third kappa shape index (κ3) is 3.05. The van der Waals surface area contributed by atoms with E-state index in [0.717, 1.165) is 29.7 Å². The first-order valence-corrected chi connectivity index (χ1v) is 6.93. The molecular formula is C13H16ClN3OS. The Labute approximate surface area is 122 Å². The van der Waals surface area contributed by atoms with Crippen LogP contribution in [0.2, 0.25) is 0 Å². The van der Waals surface area contributed by atoms with Gasteiger partial charge in [0.15, 0.2) is 5.13 Å². The van der Waals surface area contributed by atoms with Crippen LogP contribution in [-0.2, 0) is 4.79 Å². The Hall–Kier alpha value is -1.17. The number of thiazole rings is 1. The number of nitrogens with zero attached hydrogens (tertiary/aromatic N) is 1. The highest BCUT2D eigenvalue weighted by Crippen LogP contribution is 2.27. The van der Waals surface area contributed by atoms with Crippen molar-refractivity contribution in [2.75, 3.05) is 18.4 Å². The molecule has 1 fully saturated rings. The Morgan fingerprint density at radius 2 is 2.37 bits per heavy atom. The van der Waals surface area contributed by atoms with Crippen molar-refractivity contribution >= 4 is 45.0 Å². The van der Waals surface area contributed by atoms with Gasteiger partial charge >= 0.3 is 0 Å². The summed E-state index contributed by atoms with van der Waals surface area (Å²) >= 11 is 1.54. The molecule has 0 saturated carbocycles. The lowest BCUT2D eigenvalue weighted by Crippen LogP contribution is -2.24. The Morgan fingerprint density at radius 1 is 1.53 bits per heavy atom. The molecule has 1 aromatic heterocycles. The molecule has 0 aliphatic carbocycles. The molecule has 1 unspecified atom stereocenters. The van der Waals surface area contributed by atoms with Gasteiger partial charge in [-0.25, -0.2) is 4.98 Å². The number of hydrogen-bond acceptors (Lipinski definition) is 4. The van der Waals surface area contributed by atoms with E-state index in [0.29, 0.717) is 5.13 Å². The van der Waals surface area contributed by atoms with E-state index in [1.54, 1.807) is 0 Å². The van der Waals surface area contributed by atoms with Crippen LogP contribution in [0.3, 0.4) is 0 Å². The number of hydrogen-bond donors (Lipinski definition) is 2. The number of aromatic nitrogens is 1. The maximum atomic E-state index is 12.0. The third-order valence-electron chi connectivity index (χ3n) is 3.21. The molecule has 102 valence electrons. The molecule has 6 heteroatoms. The number of halogens is 1. The van der Waals surface area contributed by atoms with Crippen molar-refractivity contribution in [3.8, 4) is 0 Å². The van der Waals surface area contributed by atoms with Crippen LogP contribution in [0.4, 0.5) is 5.13 Å². The number of carbonyl (C=O) groups is 1. The minimum Gasteiger partial charge on any atom is -0.316 e. The third-order valence-corrected chi connectivity index (χ3v) is 4.14. The second kappa shape index (κ2) is 5.86. The van der Waals surface area contributed by atoms with E-state index in [1.807, 2.05) is 12.1 Å². The minimum atomic E-state index is 0. The lowest BCUT2D eigenvalue weighted by atomic mass is 10.1. The number of fused-ring (bicyclic) bond motifs is 1. The molecule has 2 N–H and O–H groups in total. The average Bonchev–Trinajstić information content (AvgIpc) is 2.95. The molecule has 0 spiro atoms. The van der Waals surface area contributed by atoms with Gasteiger partial charge in [-0.1, -0.05) is 17.4 Å². The molecular weight excluding hydrogens is 282 g/mol. The zero-order valence-electron chi connectivity index (χ0n) is 10.6. The molecule has 1 atom stereocenters. The second-order valence-electron chi connectivity index (χ2n) is 4.67. The zero-order chi connectivity index (χ0) is 12.5. The van der Waals surface area contributed by atoms with Crippen molar-refractivity contribution in [1.82, 2.24) is 10.3 Å². The summed E-state index contributed by atoms with van der Waals surface area (Å²) in [7, 11) is 0. The van der Waals surface area contributed by atoms with Crippen LogP contribution < -0.4 is 10.6 Å². The molecule has 4 nitrogen and oxygen atoms in total. The van der Waals surface area contributed by atoms with Gasteiger partial charge in [-0.05, 0) is 37.6 Å². The van der Waals surface area contributed by atoms with E-state index in [9.17, 15) is 4.79 Å². The summed E-state index contributed by atoms with van der Waals surface area (Å²) in [6.07, 6.45) is 0.913. The van der Waals surface area contributed by atoms with Crippen molar-refractivity contribution in [2.45, 2.75) is 13.3 Å². The van der Waals surface area contributed by atoms with Crippen molar-refractivity contribution < 1.29 is 4.79 Å². The Morgan fingerprint density at radius 3 is 3.11 bits per heavy atom. The van der Waals surface area contributed by atoms with Crippen LogP contribution in [0, 0.1) is 12.8 Å². The van der Waals surface area contributed by atoms with Crippen molar-refractivity contribution in [1.29, 1.82) is 0 Å². The SMILES string of the molecule is Cc1ccc2nc(NC(=O)C3CCNC3)sc2c1.Cl. The number of aryl methyl sites for hydroxylation is 1. The van der Waals surface area contributed by atoms with Gasteiger partial charge in [0.05, 0.1) is 16.1 Å². The molecule has 1 aromatic carbocycles. The summed E-state index contributed by atoms with van der Waals surface area (Å²) < 4.78 is 1.12. The average molecular weight is 298 g/mol. The molecule has 0 bridgehead atoms. The van der Waals surface area contributed by atoms with Gasteiger partial charge in [0, 0.05) is 6.54 Å². The van der Waals surface area contributed by atoms with Crippen LogP contribution in [0.5, 0.6) is 0 Å². The van der Waals surface area contributed by atoms with Crippen molar-refractivity contribution in [3.05, 3.63) is 23.8 Å². The predicted molar refractivity (Wildman–Crippen MR) is 81.2 cm³/mol. The van der Waals surface area contributed by atoms with Crippen LogP contribution in [-0.4, -0.2) is 24.0 Å². The molecule has 1 aliphatic heterocycles. The fraction of sp³-hybridized carbons (Fsp3) is 0.385. The highest BCUT2D eigenvalue weighted by molar-refractivity contribution is 7.22. The second-order valence-corrected chi connectivity index (χ2v) is 5.70. The maximum Gasteiger partial charge on any atom is 0.230 e. The number of nitrogens with one attached hydrogen (secondary N) is 2. The van der Waals surface area contributed by atoms with Gasteiger partial charge in [0.1, 0.15) is 0 Å². The first-order valence-electron chi connectivity index (χ1n) is 6.11. The maximum absolute atomic E-state index is 12.0. The molecule has 1 aliphatic rings. The first-order chi connectivity index (χ1) is 8.72. The van der Waals surface area contributed by atoms with E-state index in [2.05, 4.69) is 28.6 Å². The van der Waals surface area contributed by atoms with Gasteiger partial charge in [0.25, 0.3) is 0 Å². The number of rotatable bonds is 2. The van der Waals surface area contributed by atoms with Crippen LogP contribution >= 0.6 is 23.7 Å². The summed E-state index contributed by atoms with van der Waals surface area (Å²) in [6, 6.07) is 6.13. The lowest BCUT2D eigenvalue weighted by molar-refractivity contribution is -0.119. The first kappa shape index (κ1) is 14.2. The molecule has 1 saturated heterocycles. The van der Waals surface area contributed by atoms with Gasteiger partial charge < -0.3 is 10.6 Å². The van der Waals surface area contributed by atoms with Crippen LogP contribution in [0.25, 0.3) is 10.2 Å². The fourth-order valence-corrected chi connectivity index (χ4v) is 3.14. The Bertz CT molecular complexity index is 593. The summed E-state index contributed by atoms with van der Waals surface area (Å²) in [5.74, 6) is 0.162. The van der Waals surface area contributed by atoms with Crippen molar-refractivity contribution in [2.24, 2.45) is 5.92 Å². The zero-order valence-corrected chi connectivity index (χ0v) is 12.2. The molecule has 19 heavy (non-hydrogen) atoms. The Balaban J connectivity index is 0.00000133. The highest BCUT2D eigenvalue weighted by Gasteiger charge is 2.23. The van der Waals surface area contributed by atoms with Crippen molar-refractivity contribution in [3.63, 3.8) is 0 Å². The van der Waals surface area contributed by atoms with Gasteiger partial charge in [0.2, 0.25) is 5.91 Å². The number of anilines is 1. The minimum absolute atomic E-state index is 0. The lowest BCUT2D eigenvalue weighted by Gasteiger charge is -2.06. The van der Waals surface area contributed by atoms with E-state index < -0.39 is 0 Å². The van der Waals surface area contributed by atoms with Crippen LogP contribution in [0.15, 0.2) is 18.2 Å². The highest BCUT2D eigenvalue weighted by atomic mass is 35.5. The van der Waals surface area contributed by atoms with E-state index >= 15 is 0 Å². The van der Waals surface area contributed by atoms with E-state index in [1.165, 1.54) is 16.9 Å². The fourth-order valence-electron chi connectivity index (χ4n) is 2.17. The number of amides is 1. The standard InChI is InChI=1S/C13H15N3OS.ClH/c1-8-2-3-10-11(6-8)18-13(15-10)16-12(17)9-4-5-14-7-9;/h2-3,6,9,14H,4-5,7H2,1H3,(H,15,16,17);1H. The summed E-state index contributed by atoms with van der Waals surface area (Å²) in [6.45, 7) is 3.76. The number of carbonyl (C=O) groups excluding carboxylic acids is 1. The number of benzene rings is 1.